The monoisotopic (exact) mass is 225 g/mol. The largest absolute Gasteiger partial charge is 0.475 e. The fraction of sp³-hybridized carbons (Fsp3) is 0.583. The van der Waals surface area contributed by atoms with Gasteiger partial charge in [0.15, 0.2) is 5.88 Å². The van der Waals surface area contributed by atoms with Crippen molar-refractivity contribution in [2.24, 2.45) is 5.92 Å². The van der Waals surface area contributed by atoms with Crippen LogP contribution in [0.3, 0.4) is 0 Å². The van der Waals surface area contributed by atoms with E-state index in [4.69, 9.17) is 9.52 Å². The first-order valence-corrected chi connectivity index (χ1v) is 5.58. The van der Waals surface area contributed by atoms with E-state index in [9.17, 15) is 4.79 Å². The van der Waals surface area contributed by atoms with Gasteiger partial charge < -0.3 is 14.8 Å². The van der Waals surface area contributed by atoms with Gasteiger partial charge in [-0.25, -0.2) is 4.79 Å². The Morgan fingerprint density at radius 1 is 1.38 bits per heavy atom. The van der Waals surface area contributed by atoms with E-state index in [0.29, 0.717) is 11.8 Å². The normalized spacial score (nSPS) is 12.8. The summed E-state index contributed by atoms with van der Waals surface area (Å²) >= 11 is 0. The van der Waals surface area contributed by atoms with Gasteiger partial charge in [-0.05, 0) is 31.7 Å². The Labute approximate surface area is 95.7 Å². The van der Waals surface area contributed by atoms with Crippen molar-refractivity contribution in [2.45, 2.75) is 39.7 Å². The summed E-state index contributed by atoms with van der Waals surface area (Å²) in [6.07, 6.45) is 2.18. The minimum atomic E-state index is -1.04. The summed E-state index contributed by atoms with van der Waals surface area (Å²) in [6, 6.07) is 3.39. The van der Waals surface area contributed by atoms with Gasteiger partial charge in [0.05, 0.1) is 0 Å². The van der Waals surface area contributed by atoms with Crippen LogP contribution >= 0.6 is 0 Å². The lowest BCUT2D eigenvalue weighted by atomic mass is 10.0. The zero-order valence-electron chi connectivity index (χ0n) is 9.99. The minimum absolute atomic E-state index is 0.0291. The zero-order chi connectivity index (χ0) is 12.1. The average molecular weight is 225 g/mol. The quantitative estimate of drug-likeness (QED) is 0.780. The van der Waals surface area contributed by atoms with E-state index in [1.54, 1.807) is 6.07 Å². The molecule has 1 unspecified atom stereocenters. The molecule has 4 nitrogen and oxygen atoms in total. The second-order valence-electron chi connectivity index (χ2n) is 4.49. The molecule has 1 rings (SSSR count). The Balaban J connectivity index is 2.43. The van der Waals surface area contributed by atoms with Crippen molar-refractivity contribution in [3.05, 3.63) is 17.9 Å². The number of nitrogens with one attached hydrogen (secondary N) is 1. The van der Waals surface area contributed by atoms with Crippen LogP contribution in [0.25, 0.3) is 0 Å². The number of rotatable bonds is 6. The maximum atomic E-state index is 10.6. The summed E-state index contributed by atoms with van der Waals surface area (Å²) in [4.78, 5) is 10.6. The Morgan fingerprint density at radius 3 is 2.56 bits per heavy atom. The van der Waals surface area contributed by atoms with Crippen molar-refractivity contribution < 1.29 is 14.3 Å². The smallest absolute Gasteiger partial charge is 0.371 e. The number of hydrogen-bond donors (Lipinski definition) is 2. The minimum Gasteiger partial charge on any atom is -0.475 e. The lowest BCUT2D eigenvalue weighted by Crippen LogP contribution is -2.15. The average Bonchev–Trinajstić information content (AvgIpc) is 2.63. The molecule has 1 atom stereocenters. The molecule has 0 aliphatic carbocycles. The first kappa shape index (κ1) is 12.6. The molecule has 1 heterocycles. The van der Waals surface area contributed by atoms with E-state index in [1.165, 1.54) is 6.07 Å². The number of carboxylic acid groups (broad SMARTS) is 1. The number of carbonyl (C=O) groups is 1. The van der Waals surface area contributed by atoms with Gasteiger partial charge in [-0.1, -0.05) is 13.8 Å². The molecule has 90 valence electrons. The molecule has 1 aromatic heterocycles. The van der Waals surface area contributed by atoms with Gasteiger partial charge in [-0.15, -0.1) is 0 Å². The summed E-state index contributed by atoms with van der Waals surface area (Å²) in [5.41, 5.74) is 0. The van der Waals surface area contributed by atoms with E-state index >= 15 is 0 Å². The molecule has 16 heavy (non-hydrogen) atoms. The predicted octanol–water partition coefficient (Wildman–Crippen LogP) is 3.21. The Hall–Kier alpha value is -1.45. The molecule has 0 saturated carbocycles. The molecule has 0 fully saturated rings. The van der Waals surface area contributed by atoms with Gasteiger partial charge in [0.1, 0.15) is 0 Å². The van der Waals surface area contributed by atoms with Crippen LogP contribution in [0, 0.1) is 5.92 Å². The van der Waals surface area contributed by atoms with E-state index in [1.807, 2.05) is 0 Å². The van der Waals surface area contributed by atoms with Gasteiger partial charge in [-0.3, -0.25) is 0 Å². The molecule has 1 aromatic rings. The first-order valence-electron chi connectivity index (χ1n) is 5.58. The van der Waals surface area contributed by atoms with E-state index in [0.717, 1.165) is 12.8 Å². The molecule has 0 aliphatic rings. The number of carboxylic acids is 1. The predicted molar refractivity (Wildman–Crippen MR) is 62.8 cm³/mol. The lowest BCUT2D eigenvalue weighted by molar-refractivity contribution is 0.0663. The summed E-state index contributed by atoms with van der Waals surface area (Å²) in [5, 5.41) is 11.8. The van der Waals surface area contributed by atoms with Crippen LogP contribution in [0.15, 0.2) is 16.5 Å². The summed E-state index contributed by atoms with van der Waals surface area (Å²) in [7, 11) is 0. The van der Waals surface area contributed by atoms with Crippen LogP contribution in [-0.2, 0) is 0 Å². The second-order valence-corrected chi connectivity index (χ2v) is 4.49. The van der Waals surface area contributed by atoms with E-state index in [-0.39, 0.29) is 11.8 Å². The molecule has 0 aromatic carbocycles. The van der Waals surface area contributed by atoms with Crippen LogP contribution in [0.1, 0.15) is 44.2 Å². The molecule has 0 amide bonds. The molecule has 2 N–H and O–H groups in total. The highest BCUT2D eigenvalue weighted by Crippen LogP contribution is 2.16. The summed E-state index contributed by atoms with van der Waals surface area (Å²) < 4.78 is 5.11. The second kappa shape index (κ2) is 5.58. The molecule has 0 radical (unpaired) electrons. The molecular weight excluding hydrogens is 206 g/mol. The zero-order valence-corrected chi connectivity index (χ0v) is 9.99. The van der Waals surface area contributed by atoms with Crippen LogP contribution in [0.4, 0.5) is 5.88 Å². The third-order valence-corrected chi connectivity index (χ3v) is 2.38. The Morgan fingerprint density at radius 2 is 2.06 bits per heavy atom. The van der Waals surface area contributed by atoms with Crippen molar-refractivity contribution in [3.63, 3.8) is 0 Å². The van der Waals surface area contributed by atoms with Crippen molar-refractivity contribution in [1.82, 2.24) is 0 Å². The van der Waals surface area contributed by atoms with Gasteiger partial charge in [0, 0.05) is 12.1 Å². The third-order valence-electron chi connectivity index (χ3n) is 2.38. The topological polar surface area (TPSA) is 62.5 Å². The molecule has 0 aliphatic heterocycles. The van der Waals surface area contributed by atoms with Gasteiger partial charge >= 0.3 is 5.97 Å². The Bertz CT molecular complexity index is 344. The van der Waals surface area contributed by atoms with Crippen LogP contribution < -0.4 is 5.32 Å². The Kier molecular flexibility index (Phi) is 4.40. The fourth-order valence-electron chi connectivity index (χ4n) is 1.43. The molecule has 0 bridgehead atoms. The highest BCUT2D eigenvalue weighted by atomic mass is 16.4. The lowest BCUT2D eigenvalue weighted by Gasteiger charge is -2.13. The SMILES string of the molecule is CC(C)CCC(C)Nc1ccc(C(=O)O)o1. The van der Waals surface area contributed by atoms with Crippen molar-refractivity contribution >= 4 is 11.9 Å². The van der Waals surface area contributed by atoms with E-state index < -0.39 is 5.97 Å². The number of aromatic carboxylic acids is 1. The highest BCUT2D eigenvalue weighted by Gasteiger charge is 2.10. The van der Waals surface area contributed by atoms with E-state index in [2.05, 4.69) is 26.1 Å². The number of anilines is 1. The standard InChI is InChI=1S/C12H19NO3/c1-8(2)4-5-9(3)13-11-7-6-10(16-11)12(14)15/h6-9,13H,4-5H2,1-3H3,(H,14,15). The maximum absolute atomic E-state index is 10.6. The molecular formula is C12H19NO3. The fourth-order valence-corrected chi connectivity index (χ4v) is 1.43. The van der Waals surface area contributed by atoms with Crippen molar-refractivity contribution in [2.75, 3.05) is 5.32 Å². The summed E-state index contributed by atoms with van der Waals surface area (Å²) in [5.74, 6) is 0.130. The summed E-state index contributed by atoms with van der Waals surface area (Å²) in [6.45, 7) is 6.43. The number of hydrogen-bond acceptors (Lipinski definition) is 3. The van der Waals surface area contributed by atoms with Crippen molar-refractivity contribution in [3.8, 4) is 0 Å². The van der Waals surface area contributed by atoms with Crippen molar-refractivity contribution in [1.29, 1.82) is 0 Å². The molecule has 0 spiro atoms. The number of furan rings is 1. The third kappa shape index (κ3) is 3.96. The van der Waals surface area contributed by atoms with Crippen LogP contribution in [0.5, 0.6) is 0 Å². The maximum Gasteiger partial charge on any atom is 0.371 e. The van der Waals surface area contributed by atoms with Crippen LogP contribution in [0.2, 0.25) is 0 Å². The highest BCUT2D eigenvalue weighted by molar-refractivity contribution is 5.84. The van der Waals surface area contributed by atoms with Crippen LogP contribution in [-0.4, -0.2) is 17.1 Å². The van der Waals surface area contributed by atoms with Gasteiger partial charge in [-0.2, -0.15) is 0 Å². The first-order chi connectivity index (χ1) is 7.49. The van der Waals surface area contributed by atoms with Gasteiger partial charge in [0.2, 0.25) is 5.76 Å². The molecule has 0 saturated heterocycles. The molecule has 4 heteroatoms. The van der Waals surface area contributed by atoms with Gasteiger partial charge in [0.25, 0.3) is 0 Å².